The van der Waals surface area contributed by atoms with Crippen LogP contribution in [0.1, 0.15) is 18.1 Å². The lowest BCUT2D eigenvalue weighted by Gasteiger charge is -2.12. The summed E-state index contributed by atoms with van der Waals surface area (Å²) in [6.45, 7) is 2.93. The fraction of sp³-hybridized carbons (Fsp3) is 0.462. The van der Waals surface area contributed by atoms with E-state index in [0.29, 0.717) is 12.5 Å². The van der Waals surface area contributed by atoms with E-state index in [0.717, 1.165) is 17.9 Å². The fourth-order valence-electron chi connectivity index (χ4n) is 1.62. The average molecular weight is 270 g/mol. The van der Waals surface area contributed by atoms with Gasteiger partial charge in [0.05, 0.1) is 11.6 Å². The number of nitrogens with zero attached hydrogens (tertiary/aromatic N) is 1. The lowest BCUT2D eigenvalue weighted by Crippen LogP contribution is -2.23. The van der Waals surface area contributed by atoms with Crippen molar-refractivity contribution in [1.29, 1.82) is 5.26 Å². The van der Waals surface area contributed by atoms with Crippen LogP contribution in [0, 0.1) is 28.9 Å². The molecule has 0 aromatic heterocycles. The Kier molecular flexibility index (Phi) is 6.10. The molecule has 1 aromatic rings. The molecular formula is C13H16F2N2S. The second-order valence-electron chi connectivity index (χ2n) is 4.22. The third kappa shape index (κ3) is 4.28. The minimum atomic E-state index is -0.670. The first-order valence-electron chi connectivity index (χ1n) is 5.66. The van der Waals surface area contributed by atoms with Crippen LogP contribution >= 0.6 is 11.8 Å². The van der Waals surface area contributed by atoms with Gasteiger partial charge in [-0.25, -0.2) is 8.78 Å². The lowest BCUT2D eigenvalue weighted by molar-refractivity contribution is 0.510. The van der Waals surface area contributed by atoms with Gasteiger partial charge in [0, 0.05) is 12.1 Å². The highest BCUT2D eigenvalue weighted by molar-refractivity contribution is 7.98. The maximum absolute atomic E-state index is 13.5. The fourth-order valence-corrected chi connectivity index (χ4v) is 2.31. The number of rotatable bonds is 6. The molecule has 0 aliphatic carbocycles. The molecule has 2 nitrogen and oxygen atoms in total. The second kappa shape index (κ2) is 7.34. The van der Waals surface area contributed by atoms with E-state index < -0.39 is 11.6 Å². The Bertz CT molecular complexity index is 420. The third-order valence-corrected chi connectivity index (χ3v) is 3.42. The van der Waals surface area contributed by atoms with Gasteiger partial charge in [-0.05, 0) is 36.6 Å². The van der Waals surface area contributed by atoms with E-state index in [9.17, 15) is 8.78 Å². The number of nitrogens with one attached hydrogen (secondary N) is 1. The van der Waals surface area contributed by atoms with Gasteiger partial charge in [0.15, 0.2) is 0 Å². The molecule has 1 unspecified atom stereocenters. The van der Waals surface area contributed by atoms with E-state index in [4.69, 9.17) is 5.26 Å². The quantitative estimate of drug-likeness (QED) is 0.863. The number of hydrogen-bond donors (Lipinski definition) is 1. The van der Waals surface area contributed by atoms with Gasteiger partial charge < -0.3 is 5.32 Å². The number of hydrogen-bond acceptors (Lipinski definition) is 3. The van der Waals surface area contributed by atoms with Crippen molar-refractivity contribution < 1.29 is 8.78 Å². The van der Waals surface area contributed by atoms with Crippen LogP contribution in [0.3, 0.4) is 0 Å². The van der Waals surface area contributed by atoms with Gasteiger partial charge in [-0.15, -0.1) is 0 Å². The highest BCUT2D eigenvalue weighted by Crippen LogP contribution is 2.15. The standard InChI is InChI=1S/C13H16F2N2S/c1-9(8-18-2)6-17-7-11-12(14)3-10(5-16)4-13(11)15/h3-4,9,17H,6-8H2,1-2H3. The molecule has 0 aliphatic heterocycles. The SMILES string of the molecule is CSCC(C)CNCc1c(F)cc(C#N)cc1F. The van der Waals surface area contributed by atoms with Crippen molar-refractivity contribution in [3.63, 3.8) is 0 Å². The maximum Gasteiger partial charge on any atom is 0.131 e. The van der Waals surface area contributed by atoms with E-state index in [1.807, 2.05) is 6.26 Å². The molecule has 0 spiro atoms. The number of thioether (sulfide) groups is 1. The molecule has 0 fully saturated rings. The molecule has 0 amide bonds. The van der Waals surface area contributed by atoms with E-state index in [1.54, 1.807) is 17.8 Å². The van der Waals surface area contributed by atoms with Gasteiger partial charge in [-0.3, -0.25) is 0 Å². The van der Waals surface area contributed by atoms with E-state index in [2.05, 4.69) is 12.2 Å². The van der Waals surface area contributed by atoms with E-state index in [-0.39, 0.29) is 17.7 Å². The van der Waals surface area contributed by atoms with Gasteiger partial charge in [0.1, 0.15) is 11.6 Å². The molecule has 0 saturated carbocycles. The first-order chi connectivity index (χ1) is 8.58. The molecule has 0 bridgehead atoms. The summed E-state index contributed by atoms with van der Waals surface area (Å²) in [6, 6.07) is 3.85. The summed E-state index contributed by atoms with van der Waals surface area (Å²) < 4.78 is 27.1. The van der Waals surface area contributed by atoms with Crippen molar-refractivity contribution in [2.45, 2.75) is 13.5 Å². The molecule has 0 radical (unpaired) electrons. The summed E-state index contributed by atoms with van der Waals surface area (Å²) in [5.74, 6) is 0.114. The summed E-state index contributed by atoms with van der Waals surface area (Å²) >= 11 is 1.74. The molecule has 1 N–H and O–H groups in total. The van der Waals surface area contributed by atoms with Crippen LogP contribution < -0.4 is 5.32 Å². The zero-order valence-corrected chi connectivity index (χ0v) is 11.3. The molecule has 18 heavy (non-hydrogen) atoms. The van der Waals surface area contributed by atoms with E-state index in [1.165, 1.54) is 0 Å². The molecule has 98 valence electrons. The summed E-state index contributed by atoms with van der Waals surface area (Å²) in [4.78, 5) is 0. The van der Waals surface area contributed by atoms with Crippen molar-refractivity contribution in [2.75, 3.05) is 18.6 Å². The minimum absolute atomic E-state index is 0.00417. The minimum Gasteiger partial charge on any atom is -0.312 e. The number of benzene rings is 1. The van der Waals surface area contributed by atoms with E-state index >= 15 is 0 Å². The van der Waals surface area contributed by atoms with Crippen molar-refractivity contribution >= 4 is 11.8 Å². The second-order valence-corrected chi connectivity index (χ2v) is 5.13. The summed E-state index contributed by atoms with van der Waals surface area (Å²) in [7, 11) is 0. The maximum atomic E-state index is 13.5. The topological polar surface area (TPSA) is 35.8 Å². The van der Waals surface area contributed by atoms with Gasteiger partial charge in [0.25, 0.3) is 0 Å². The van der Waals surface area contributed by atoms with Crippen molar-refractivity contribution in [1.82, 2.24) is 5.32 Å². The monoisotopic (exact) mass is 270 g/mol. The van der Waals surface area contributed by atoms with Crippen LogP contribution in [0.25, 0.3) is 0 Å². The number of nitriles is 1. The van der Waals surface area contributed by atoms with Crippen LogP contribution in [0.15, 0.2) is 12.1 Å². The first kappa shape index (κ1) is 14.9. The van der Waals surface area contributed by atoms with Crippen LogP contribution in [0.5, 0.6) is 0 Å². The molecule has 1 aromatic carbocycles. The molecule has 0 heterocycles. The summed E-state index contributed by atoms with van der Waals surface area (Å²) in [5.41, 5.74) is -0.00477. The van der Waals surface area contributed by atoms with Gasteiger partial charge >= 0.3 is 0 Å². The molecule has 0 aliphatic rings. The van der Waals surface area contributed by atoms with Crippen LogP contribution in [0.4, 0.5) is 8.78 Å². The Morgan fingerprint density at radius 1 is 1.39 bits per heavy atom. The highest BCUT2D eigenvalue weighted by Gasteiger charge is 2.11. The normalized spacial score (nSPS) is 12.2. The Morgan fingerprint density at radius 3 is 2.50 bits per heavy atom. The average Bonchev–Trinajstić information content (AvgIpc) is 2.32. The number of halogens is 2. The Morgan fingerprint density at radius 2 is 2.00 bits per heavy atom. The zero-order valence-electron chi connectivity index (χ0n) is 10.5. The predicted octanol–water partition coefficient (Wildman–Crippen LogP) is 2.93. The summed E-state index contributed by atoms with van der Waals surface area (Å²) in [6.07, 6.45) is 2.02. The molecule has 1 rings (SSSR count). The third-order valence-electron chi connectivity index (χ3n) is 2.52. The Balaban J connectivity index is 2.60. The zero-order chi connectivity index (χ0) is 13.5. The van der Waals surface area contributed by atoms with Crippen LogP contribution in [0.2, 0.25) is 0 Å². The van der Waals surface area contributed by atoms with Gasteiger partial charge in [-0.2, -0.15) is 17.0 Å². The molecule has 0 saturated heterocycles. The molecule has 1 atom stereocenters. The van der Waals surface area contributed by atoms with Crippen molar-refractivity contribution in [3.05, 3.63) is 34.9 Å². The van der Waals surface area contributed by atoms with Gasteiger partial charge in [-0.1, -0.05) is 6.92 Å². The van der Waals surface area contributed by atoms with Crippen molar-refractivity contribution in [2.24, 2.45) is 5.92 Å². The van der Waals surface area contributed by atoms with Crippen molar-refractivity contribution in [3.8, 4) is 6.07 Å². The van der Waals surface area contributed by atoms with Crippen LogP contribution in [-0.2, 0) is 6.54 Å². The predicted molar refractivity (Wildman–Crippen MR) is 70.3 cm³/mol. The van der Waals surface area contributed by atoms with Gasteiger partial charge in [0.2, 0.25) is 0 Å². The Hall–Kier alpha value is -1.12. The molecular weight excluding hydrogens is 254 g/mol. The highest BCUT2D eigenvalue weighted by atomic mass is 32.2. The largest absolute Gasteiger partial charge is 0.312 e. The molecule has 5 heteroatoms. The summed E-state index contributed by atoms with van der Waals surface area (Å²) in [5, 5.41) is 11.6. The lowest BCUT2D eigenvalue weighted by atomic mass is 10.1. The smallest absolute Gasteiger partial charge is 0.131 e. The first-order valence-corrected chi connectivity index (χ1v) is 7.05. The van der Waals surface area contributed by atoms with Crippen LogP contribution in [-0.4, -0.2) is 18.6 Å². The Labute approximate surface area is 110 Å².